The molecule has 3 aliphatic rings. The number of nitrogens with zero attached hydrogens (tertiary/aromatic N) is 6. The molecule has 3 fully saturated rings. The normalized spacial score (nSPS) is 18.7. The van der Waals surface area contributed by atoms with Crippen LogP contribution in [0.15, 0.2) is 42.6 Å². The quantitative estimate of drug-likeness (QED) is 0.289. The third-order valence-corrected chi connectivity index (χ3v) is 9.28. The number of hydrogen-bond donors (Lipinski definition) is 3. The fourth-order valence-corrected chi connectivity index (χ4v) is 6.37. The van der Waals surface area contributed by atoms with E-state index in [4.69, 9.17) is 4.74 Å². The van der Waals surface area contributed by atoms with Crippen molar-refractivity contribution in [3.05, 3.63) is 54.0 Å². The minimum absolute atomic E-state index is 0.0940. The van der Waals surface area contributed by atoms with Crippen molar-refractivity contribution in [2.75, 3.05) is 77.5 Å². The standard InChI is InChI=1S/C32H40N8O3/c1-37-11-13-39(14-12-37)23-5-7-24(8-6-23)40-30(35-36-31(40)32(42)33-9-10-38-15-17-43-18-16-38)26-19-25-27(22-3-2-4-22)21-34-28(25)20-29(26)41/h5-8,19-22,34,41H,2-4,9-18H2,1H3,(H,33,42). The number of amides is 1. The van der Waals surface area contributed by atoms with E-state index in [1.165, 1.54) is 24.8 Å². The Balaban J connectivity index is 1.23. The highest BCUT2D eigenvalue weighted by Gasteiger charge is 2.27. The summed E-state index contributed by atoms with van der Waals surface area (Å²) in [5.41, 5.74) is 4.63. The first-order valence-corrected chi connectivity index (χ1v) is 15.5. The molecule has 0 radical (unpaired) electrons. The molecule has 2 aromatic heterocycles. The molecule has 0 bridgehead atoms. The molecule has 7 rings (SSSR count). The van der Waals surface area contributed by atoms with Gasteiger partial charge in [0.1, 0.15) is 5.75 Å². The number of ether oxygens (including phenoxy) is 1. The zero-order chi connectivity index (χ0) is 29.3. The van der Waals surface area contributed by atoms with E-state index in [-0.39, 0.29) is 17.5 Å². The van der Waals surface area contributed by atoms with Gasteiger partial charge in [0.2, 0.25) is 5.82 Å². The number of likely N-dealkylation sites (N-methyl/N-ethyl adjacent to an activating group) is 1. The average Bonchev–Trinajstić information content (AvgIpc) is 3.61. The highest BCUT2D eigenvalue weighted by atomic mass is 16.5. The number of hydrogen-bond acceptors (Lipinski definition) is 8. The van der Waals surface area contributed by atoms with Crippen LogP contribution in [0, 0.1) is 0 Å². The largest absolute Gasteiger partial charge is 0.507 e. The number of aromatic nitrogens is 4. The molecule has 0 unspecified atom stereocenters. The summed E-state index contributed by atoms with van der Waals surface area (Å²) in [6.45, 7) is 8.38. The lowest BCUT2D eigenvalue weighted by Crippen LogP contribution is -2.44. The second-order valence-corrected chi connectivity index (χ2v) is 12.0. The van der Waals surface area contributed by atoms with Crippen molar-refractivity contribution in [2.45, 2.75) is 25.2 Å². The topological polar surface area (TPSA) is 115 Å². The summed E-state index contributed by atoms with van der Waals surface area (Å²) in [5.74, 6) is 0.950. The third kappa shape index (κ3) is 5.60. The van der Waals surface area contributed by atoms with Crippen LogP contribution < -0.4 is 10.2 Å². The van der Waals surface area contributed by atoms with Gasteiger partial charge in [-0.25, -0.2) is 0 Å². The van der Waals surface area contributed by atoms with Crippen LogP contribution in [-0.4, -0.2) is 113 Å². The number of anilines is 1. The summed E-state index contributed by atoms with van der Waals surface area (Å²) < 4.78 is 7.21. The molecule has 1 saturated carbocycles. The van der Waals surface area contributed by atoms with Crippen LogP contribution >= 0.6 is 0 Å². The van der Waals surface area contributed by atoms with E-state index in [1.807, 2.05) is 18.2 Å². The third-order valence-electron chi connectivity index (χ3n) is 9.28. The minimum Gasteiger partial charge on any atom is -0.507 e. The Hall–Kier alpha value is -3.93. The average molecular weight is 585 g/mol. The number of nitrogens with one attached hydrogen (secondary N) is 2. The summed E-state index contributed by atoms with van der Waals surface area (Å²) in [6.07, 6.45) is 5.65. The second kappa shape index (κ2) is 12.0. The Morgan fingerprint density at radius 1 is 1.02 bits per heavy atom. The van der Waals surface area contributed by atoms with Crippen molar-refractivity contribution in [1.82, 2.24) is 34.9 Å². The number of rotatable bonds is 8. The Bertz CT molecular complexity index is 1580. The molecule has 0 atom stereocenters. The van der Waals surface area contributed by atoms with Crippen LogP contribution in [0.1, 0.15) is 41.4 Å². The lowest BCUT2D eigenvalue weighted by Gasteiger charge is -2.34. The maximum absolute atomic E-state index is 13.6. The van der Waals surface area contributed by atoms with Gasteiger partial charge in [0.15, 0.2) is 5.82 Å². The summed E-state index contributed by atoms with van der Waals surface area (Å²) in [5, 5.41) is 24.2. The van der Waals surface area contributed by atoms with E-state index in [0.717, 1.165) is 68.1 Å². The number of piperazine rings is 1. The zero-order valence-corrected chi connectivity index (χ0v) is 24.8. The van der Waals surface area contributed by atoms with Crippen molar-refractivity contribution in [2.24, 2.45) is 0 Å². The number of aromatic amines is 1. The monoisotopic (exact) mass is 584 g/mol. The van der Waals surface area contributed by atoms with Crippen LogP contribution in [-0.2, 0) is 4.74 Å². The van der Waals surface area contributed by atoms with E-state index in [0.29, 0.717) is 37.1 Å². The molecular weight excluding hydrogens is 544 g/mol. The number of morpholine rings is 1. The van der Waals surface area contributed by atoms with Gasteiger partial charge in [0, 0.05) is 86.9 Å². The summed E-state index contributed by atoms with van der Waals surface area (Å²) in [4.78, 5) is 23.9. The highest BCUT2D eigenvalue weighted by Crippen LogP contribution is 2.42. The molecule has 11 nitrogen and oxygen atoms in total. The lowest BCUT2D eigenvalue weighted by atomic mass is 9.80. The first kappa shape index (κ1) is 27.9. The number of carbonyl (C=O) groups is 1. The molecule has 1 aliphatic carbocycles. The molecule has 43 heavy (non-hydrogen) atoms. The van der Waals surface area contributed by atoms with Crippen LogP contribution in [0.2, 0.25) is 0 Å². The highest BCUT2D eigenvalue weighted by molar-refractivity contribution is 5.94. The molecule has 1 amide bonds. The molecule has 4 heterocycles. The molecule has 3 N–H and O–H groups in total. The Kier molecular flexibility index (Phi) is 7.77. The van der Waals surface area contributed by atoms with Crippen LogP contribution in [0.5, 0.6) is 5.75 Å². The minimum atomic E-state index is -0.299. The molecule has 2 aromatic carbocycles. The number of phenols is 1. The summed E-state index contributed by atoms with van der Waals surface area (Å²) >= 11 is 0. The number of H-pyrrole nitrogens is 1. The van der Waals surface area contributed by atoms with Crippen molar-refractivity contribution in [3.8, 4) is 22.8 Å². The van der Waals surface area contributed by atoms with Gasteiger partial charge < -0.3 is 29.9 Å². The van der Waals surface area contributed by atoms with Gasteiger partial charge in [-0.3, -0.25) is 14.3 Å². The van der Waals surface area contributed by atoms with Crippen molar-refractivity contribution in [1.29, 1.82) is 0 Å². The van der Waals surface area contributed by atoms with Crippen molar-refractivity contribution in [3.63, 3.8) is 0 Å². The number of fused-ring (bicyclic) bond motifs is 1. The SMILES string of the molecule is CN1CCN(c2ccc(-n3c(C(=O)NCCN4CCOCC4)nnc3-c3cc4c(C5CCC5)c[nH]c4cc3O)cc2)CC1. The van der Waals surface area contributed by atoms with E-state index < -0.39 is 0 Å². The molecule has 0 spiro atoms. The lowest BCUT2D eigenvalue weighted by molar-refractivity contribution is 0.0383. The van der Waals surface area contributed by atoms with Crippen molar-refractivity contribution < 1.29 is 14.6 Å². The van der Waals surface area contributed by atoms with Gasteiger partial charge in [0.25, 0.3) is 5.91 Å². The van der Waals surface area contributed by atoms with Gasteiger partial charge in [-0.2, -0.15) is 0 Å². The first-order valence-electron chi connectivity index (χ1n) is 15.5. The molecule has 2 saturated heterocycles. The molecule has 11 heteroatoms. The van der Waals surface area contributed by atoms with Gasteiger partial charge in [-0.1, -0.05) is 6.42 Å². The summed E-state index contributed by atoms with van der Waals surface area (Å²) in [6, 6.07) is 12.0. The van der Waals surface area contributed by atoms with E-state index in [1.54, 1.807) is 10.6 Å². The second-order valence-electron chi connectivity index (χ2n) is 12.0. The number of carbonyl (C=O) groups excluding carboxylic acids is 1. The fraction of sp³-hybridized carbons (Fsp3) is 0.469. The number of aromatic hydroxyl groups is 1. The smallest absolute Gasteiger partial charge is 0.289 e. The van der Waals surface area contributed by atoms with E-state index in [9.17, 15) is 9.90 Å². The van der Waals surface area contributed by atoms with Crippen LogP contribution in [0.25, 0.3) is 28.0 Å². The van der Waals surface area contributed by atoms with Gasteiger partial charge in [-0.05, 0) is 61.7 Å². The Morgan fingerprint density at radius 3 is 2.49 bits per heavy atom. The Morgan fingerprint density at radius 2 is 1.77 bits per heavy atom. The molecule has 2 aliphatic heterocycles. The van der Waals surface area contributed by atoms with Gasteiger partial charge >= 0.3 is 0 Å². The molecular formula is C32H40N8O3. The number of phenolic OH excluding ortho intramolecular Hbond substituents is 1. The Labute approximate surface area is 251 Å². The molecule has 4 aromatic rings. The van der Waals surface area contributed by atoms with Crippen LogP contribution in [0.4, 0.5) is 5.69 Å². The van der Waals surface area contributed by atoms with Crippen molar-refractivity contribution >= 4 is 22.5 Å². The zero-order valence-electron chi connectivity index (χ0n) is 24.8. The van der Waals surface area contributed by atoms with E-state index >= 15 is 0 Å². The summed E-state index contributed by atoms with van der Waals surface area (Å²) in [7, 11) is 2.15. The first-order chi connectivity index (χ1) is 21.0. The van der Waals surface area contributed by atoms with Gasteiger partial charge in [0.05, 0.1) is 18.8 Å². The van der Waals surface area contributed by atoms with E-state index in [2.05, 4.69) is 60.6 Å². The predicted molar refractivity (Wildman–Crippen MR) is 166 cm³/mol. The maximum atomic E-state index is 13.6. The predicted octanol–water partition coefficient (Wildman–Crippen LogP) is 3.20. The fourth-order valence-electron chi connectivity index (χ4n) is 6.37. The number of benzene rings is 2. The molecule has 226 valence electrons. The van der Waals surface area contributed by atoms with Crippen LogP contribution in [0.3, 0.4) is 0 Å². The maximum Gasteiger partial charge on any atom is 0.289 e. The van der Waals surface area contributed by atoms with Gasteiger partial charge in [-0.15, -0.1) is 10.2 Å².